The highest BCUT2D eigenvalue weighted by molar-refractivity contribution is 5.89. The fourth-order valence-electron chi connectivity index (χ4n) is 3.10. The third-order valence-corrected chi connectivity index (χ3v) is 4.57. The van der Waals surface area contributed by atoms with Gasteiger partial charge in [-0.1, -0.05) is 18.2 Å². The van der Waals surface area contributed by atoms with Crippen molar-refractivity contribution in [1.29, 1.82) is 0 Å². The van der Waals surface area contributed by atoms with E-state index >= 15 is 0 Å². The summed E-state index contributed by atoms with van der Waals surface area (Å²) in [5.74, 6) is -0.883. The summed E-state index contributed by atoms with van der Waals surface area (Å²) in [6.45, 7) is 0.816. The number of nitrogens with zero attached hydrogens (tertiary/aromatic N) is 1. The van der Waals surface area contributed by atoms with E-state index in [-0.39, 0.29) is 11.5 Å². The van der Waals surface area contributed by atoms with E-state index in [9.17, 15) is 27.2 Å². The van der Waals surface area contributed by atoms with Crippen molar-refractivity contribution in [2.24, 2.45) is 0 Å². The number of hydrogen-bond donors (Lipinski definition) is 2. The first-order valence-corrected chi connectivity index (χ1v) is 8.99. The summed E-state index contributed by atoms with van der Waals surface area (Å²) in [5, 5.41) is 4.86. The van der Waals surface area contributed by atoms with Crippen LogP contribution >= 0.6 is 0 Å². The molecule has 0 radical (unpaired) electrons. The van der Waals surface area contributed by atoms with E-state index in [0.29, 0.717) is 24.7 Å². The summed E-state index contributed by atoms with van der Waals surface area (Å²) in [5.41, 5.74) is -0.000204. The van der Waals surface area contributed by atoms with Crippen LogP contribution in [-0.2, 0) is 24.1 Å². The molecule has 1 heterocycles. The van der Waals surface area contributed by atoms with Gasteiger partial charge in [0.2, 0.25) is 5.91 Å². The van der Waals surface area contributed by atoms with Gasteiger partial charge in [0.1, 0.15) is 5.82 Å². The fraction of sp³-hybridized carbons (Fsp3) is 0.300. The summed E-state index contributed by atoms with van der Waals surface area (Å²) in [6, 6.07) is 8.44. The maximum absolute atomic E-state index is 13.1. The molecule has 2 aromatic carbocycles. The van der Waals surface area contributed by atoms with E-state index in [1.807, 2.05) is 0 Å². The smallest absolute Gasteiger partial charge is 0.338 e. The van der Waals surface area contributed by atoms with Crippen LogP contribution < -0.4 is 10.6 Å². The van der Waals surface area contributed by atoms with Gasteiger partial charge in [0.25, 0.3) is 0 Å². The number of rotatable bonds is 5. The molecule has 1 aliphatic rings. The molecular formula is C20H19F4N3O2. The van der Waals surface area contributed by atoms with Crippen LogP contribution in [0.2, 0.25) is 0 Å². The minimum atomic E-state index is -4.72. The normalized spacial score (nSPS) is 14.2. The molecule has 2 N–H and O–H groups in total. The quantitative estimate of drug-likeness (QED) is 0.724. The Morgan fingerprint density at radius 1 is 1.10 bits per heavy atom. The highest BCUT2D eigenvalue weighted by atomic mass is 19.4. The number of amides is 3. The second-order valence-corrected chi connectivity index (χ2v) is 6.72. The molecule has 2 aromatic rings. The van der Waals surface area contributed by atoms with Crippen molar-refractivity contribution < 1.29 is 27.2 Å². The molecule has 0 spiro atoms. The SMILES string of the molecule is O=C(NCc1ccc(F)cc1C(F)(F)F)Nc1ccc(CN2CCCC2=O)cc1. The van der Waals surface area contributed by atoms with Gasteiger partial charge in [-0.2, -0.15) is 13.2 Å². The first-order chi connectivity index (χ1) is 13.7. The number of urea groups is 1. The predicted molar refractivity (Wildman–Crippen MR) is 98.4 cm³/mol. The van der Waals surface area contributed by atoms with Gasteiger partial charge >= 0.3 is 12.2 Å². The zero-order valence-corrected chi connectivity index (χ0v) is 15.4. The van der Waals surface area contributed by atoms with E-state index in [4.69, 9.17) is 0 Å². The Morgan fingerprint density at radius 2 is 1.83 bits per heavy atom. The number of carbonyl (C=O) groups is 2. The Kier molecular flexibility index (Phi) is 6.05. The Balaban J connectivity index is 1.55. The lowest BCUT2D eigenvalue weighted by molar-refractivity contribution is -0.138. The lowest BCUT2D eigenvalue weighted by Gasteiger charge is -2.16. The number of nitrogens with one attached hydrogen (secondary N) is 2. The zero-order chi connectivity index (χ0) is 21.0. The van der Waals surface area contributed by atoms with Crippen LogP contribution in [-0.4, -0.2) is 23.4 Å². The lowest BCUT2D eigenvalue weighted by Crippen LogP contribution is -2.29. The minimum absolute atomic E-state index is 0.116. The van der Waals surface area contributed by atoms with Crippen molar-refractivity contribution in [1.82, 2.24) is 10.2 Å². The Labute approximate surface area is 164 Å². The van der Waals surface area contributed by atoms with Gasteiger partial charge in [0.15, 0.2) is 0 Å². The van der Waals surface area contributed by atoms with Crippen molar-refractivity contribution in [3.8, 4) is 0 Å². The van der Waals surface area contributed by atoms with Crippen LogP contribution in [0, 0.1) is 5.82 Å². The second kappa shape index (κ2) is 8.50. The number of anilines is 1. The second-order valence-electron chi connectivity index (χ2n) is 6.72. The number of hydrogen-bond acceptors (Lipinski definition) is 2. The van der Waals surface area contributed by atoms with E-state index in [1.165, 1.54) is 0 Å². The molecule has 1 aliphatic heterocycles. The fourth-order valence-corrected chi connectivity index (χ4v) is 3.10. The molecule has 29 heavy (non-hydrogen) atoms. The summed E-state index contributed by atoms with van der Waals surface area (Å²) >= 11 is 0. The maximum Gasteiger partial charge on any atom is 0.416 e. The topological polar surface area (TPSA) is 61.4 Å². The summed E-state index contributed by atoms with van der Waals surface area (Å²) in [6.07, 6.45) is -3.31. The molecule has 0 aromatic heterocycles. The Morgan fingerprint density at radius 3 is 2.45 bits per heavy atom. The van der Waals surface area contributed by atoms with Crippen LogP contribution in [0.15, 0.2) is 42.5 Å². The van der Waals surface area contributed by atoms with Crippen molar-refractivity contribution in [3.05, 3.63) is 65.0 Å². The Bertz CT molecular complexity index is 898. The molecule has 9 heteroatoms. The molecule has 0 unspecified atom stereocenters. The molecular weight excluding hydrogens is 390 g/mol. The highest BCUT2D eigenvalue weighted by Crippen LogP contribution is 2.32. The summed E-state index contributed by atoms with van der Waals surface area (Å²) in [4.78, 5) is 25.4. The maximum atomic E-state index is 13.1. The molecule has 3 amide bonds. The van der Waals surface area contributed by atoms with E-state index in [1.54, 1.807) is 29.2 Å². The van der Waals surface area contributed by atoms with Gasteiger partial charge in [0, 0.05) is 31.7 Å². The van der Waals surface area contributed by atoms with E-state index in [2.05, 4.69) is 10.6 Å². The third-order valence-electron chi connectivity index (χ3n) is 4.57. The Hall–Kier alpha value is -3.10. The van der Waals surface area contributed by atoms with Crippen molar-refractivity contribution in [3.63, 3.8) is 0 Å². The monoisotopic (exact) mass is 409 g/mol. The van der Waals surface area contributed by atoms with E-state index in [0.717, 1.165) is 30.7 Å². The molecule has 154 valence electrons. The standard InChI is InChI=1S/C20H19F4N3O2/c21-15-6-5-14(17(10-15)20(22,23)24)11-25-19(29)26-16-7-3-13(4-8-16)12-27-9-1-2-18(27)28/h3-8,10H,1-2,9,11-12H2,(H2,25,26,29). The highest BCUT2D eigenvalue weighted by Gasteiger charge is 2.33. The predicted octanol–water partition coefficient (Wildman–Crippen LogP) is 4.29. The van der Waals surface area contributed by atoms with Crippen LogP contribution in [0.25, 0.3) is 0 Å². The van der Waals surface area contributed by atoms with Gasteiger partial charge in [-0.3, -0.25) is 4.79 Å². The van der Waals surface area contributed by atoms with Crippen molar-refractivity contribution in [2.45, 2.75) is 32.1 Å². The number of alkyl halides is 3. The van der Waals surface area contributed by atoms with Crippen LogP contribution in [0.5, 0.6) is 0 Å². The van der Waals surface area contributed by atoms with E-state index < -0.39 is 30.1 Å². The van der Waals surface area contributed by atoms with Crippen molar-refractivity contribution >= 4 is 17.6 Å². The van der Waals surface area contributed by atoms with Crippen LogP contribution in [0.1, 0.15) is 29.5 Å². The number of benzene rings is 2. The molecule has 5 nitrogen and oxygen atoms in total. The van der Waals surface area contributed by atoms with Gasteiger partial charge in [0.05, 0.1) is 5.56 Å². The zero-order valence-electron chi connectivity index (χ0n) is 15.4. The lowest BCUT2D eigenvalue weighted by atomic mass is 10.1. The minimum Gasteiger partial charge on any atom is -0.338 e. The van der Waals surface area contributed by atoms with Gasteiger partial charge in [-0.15, -0.1) is 0 Å². The van der Waals surface area contributed by atoms with Gasteiger partial charge in [-0.05, 0) is 41.8 Å². The van der Waals surface area contributed by atoms with Gasteiger partial charge in [-0.25, -0.2) is 9.18 Å². The largest absolute Gasteiger partial charge is 0.416 e. The molecule has 0 aliphatic carbocycles. The molecule has 1 fully saturated rings. The molecule has 3 rings (SSSR count). The third kappa shape index (κ3) is 5.46. The first kappa shape index (κ1) is 20.6. The number of carbonyl (C=O) groups excluding carboxylic acids is 2. The number of halogens is 4. The number of likely N-dealkylation sites (tertiary alicyclic amines) is 1. The van der Waals surface area contributed by atoms with Crippen LogP contribution in [0.4, 0.5) is 28.0 Å². The summed E-state index contributed by atoms with van der Waals surface area (Å²) in [7, 11) is 0. The molecule has 0 atom stereocenters. The van der Waals surface area contributed by atoms with Gasteiger partial charge < -0.3 is 15.5 Å². The molecule has 0 saturated carbocycles. The molecule has 1 saturated heterocycles. The van der Waals surface area contributed by atoms with Crippen molar-refractivity contribution in [2.75, 3.05) is 11.9 Å². The molecule has 0 bridgehead atoms. The average Bonchev–Trinajstić information content (AvgIpc) is 3.06. The van der Waals surface area contributed by atoms with Crippen LogP contribution in [0.3, 0.4) is 0 Å². The average molecular weight is 409 g/mol. The summed E-state index contributed by atoms with van der Waals surface area (Å²) < 4.78 is 52.1. The first-order valence-electron chi connectivity index (χ1n) is 8.99.